The van der Waals surface area contributed by atoms with Crippen molar-refractivity contribution in [1.82, 2.24) is 15.0 Å². The van der Waals surface area contributed by atoms with Crippen LogP contribution in [-0.2, 0) is 6.54 Å². The maximum absolute atomic E-state index is 5.19. The molecule has 0 unspecified atom stereocenters. The van der Waals surface area contributed by atoms with Crippen molar-refractivity contribution in [3.63, 3.8) is 0 Å². The Labute approximate surface area is 129 Å². The van der Waals surface area contributed by atoms with Gasteiger partial charge in [-0.3, -0.25) is 4.98 Å². The van der Waals surface area contributed by atoms with Crippen LogP contribution in [0.2, 0.25) is 0 Å². The lowest BCUT2D eigenvalue weighted by Gasteiger charge is -2.22. The zero-order chi connectivity index (χ0) is 15.4. The minimum atomic E-state index is 0.674. The summed E-state index contributed by atoms with van der Waals surface area (Å²) in [5, 5.41) is 0. The van der Waals surface area contributed by atoms with Gasteiger partial charge in [-0.05, 0) is 36.8 Å². The van der Waals surface area contributed by atoms with E-state index in [1.54, 1.807) is 19.5 Å². The predicted molar refractivity (Wildman–Crippen MR) is 87.1 cm³/mol. The quantitative estimate of drug-likeness (QED) is 0.724. The summed E-state index contributed by atoms with van der Waals surface area (Å²) in [5.41, 5.74) is 2.70. The highest BCUT2D eigenvalue weighted by Gasteiger charge is 2.08. The lowest BCUT2D eigenvalue weighted by molar-refractivity contribution is 0.414. The van der Waals surface area contributed by atoms with Gasteiger partial charge in [0.15, 0.2) is 5.65 Å². The van der Waals surface area contributed by atoms with Gasteiger partial charge in [-0.1, -0.05) is 12.1 Å². The van der Waals surface area contributed by atoms with Crippen LogP contribution >= 0.6 is 0 Å². The minimum Gasteiger partial charge on any atom is -0.497 e. The van der Waals surface area contributed by atoms with Crippen LogP contribution in [0.3, 0.4) is 0 Å². The number of hydrogen-bond donors (Lipinski definition) is 0. The van der Waals surface area contributed by atoms with E-state index < -0.39 is 0 Å². The second kappa shape index (κ2) is 6.39. The number of rotatable bonds is 5. The van der Waals surface area contributed by atoms with Gasteiger partial charge in [0.1, 0.15) is 17.1 Å². The van der Waals surface area contributed by atoms with Crippen molar-refractivity contribution < 1.29 is 4.74 Å². The Morgan fingerprint density at radius 2 is 1.77 bits per heavy atom. The number of anilines is 1. The third-order valence-corrected chi connectivity index (χ3v) is 3.56. The summed E-state index contributed by atoms with van der Waals surface area (Å²) in [6.45, 7) is 3.77. The third-order valence-electron chi connectivity index (χ3n) is 3.56. The second-order valence-electron chi connectivity index (χ2n) is 4.93. The van der Waals surface area contributed by atoms with E-state index in [-0.39, 0.29) is 0 Å². The highest BCUT2D eigenvalue weighted by molar-refractivity contribution is 5.71. The predicted octanol–water partition coefficient (Wildman–Crippen LogP) is 3.06. The van der Waals surface area contributed by atoms with Gasteiger partial charge in [0.25, 0.3) is 0 Å². The monoisotopic (exact) mass is 294 g/mol. The number of benzene rings is 1. The number of ether oxygens (including phenoxy) is 1. The molecule has 0 aliphatic carbocycles. The van der Waals surface area contributed by atoms with Crippen LogP contribution in [0.25, 0.3) is 11.2 Å². The Balaban J connectivity index is 1.85. The largest absolute Gasteiger partial charge is 0.497 e. The van der Waals surface area contributed by atoms with E-state index in [1.807, 2.05) is 24.3 Å². The molecule has 0 fully saturated rings. The maximum Gasteiger partial charge on any atom is 0.180 e. The van der Waals surface area contributed by atoms with Crippen LogP contribution in [0.1, 0.15) is 12.5 Å². The van der Waals surface area contributed by atoms with Gasteiger partial charge in [0.05, 0.1) is 7.11 Å². The lowest BCUT2D eigenvalue weighted by atomic mass is 10.2. The van der Waals surface area contributed by atoms with Crippen molar-refractivity contribution in [3.05, 3.63) is 54.4 Å². The van der Waals surface area contributed by atoms with E-state index >= 15 is 0 Å². The first kappa shape index (κ1) is 14.3. The molecule has 112 valence electrons. The molecule has 0 saturated carbocycles. The second-order valence-corrected chi connectivity index (χ2v) is 4.93. The first-order valence-electron chi connectivity index (χ1n) is 7.26. The molecule has 2 heterocycles. The summed E-state index contributed by atoms with van der Waals surface area (Å²) in [4.78, 5) is 15.3. The molecule has 22 heavy (non-hydrogen) atoms. The molecule has 3 rings (SSSR count). The lowest BCUT2D eigenvalue weighted by Crippen LogP contribution is -2.23. The fourth-order valence-corrected chi connectivity index (χ4v) is 2.33. The topological polar surface area (TPSA) is 51.1 Å². The SMILES string of the molecule is CCN(Cc1ccc(OC)cc1)c1ccc2nccnc2n1. The molecule has 0 atom stereocenters. The number of pyridine rings is 1. The van der Waals surface area contributed by atoms with Crippen LogP contribution in [0.15, 0.2) is 48.8 Å². The number of nitrogens with zero attached hydrogens (tertiary/aromatic N) is 4. The van der Waals surface area contributed by atoms with E-state index in [2.05, 4.69) is 38.9 Å². The Morgan fingerprint density at radius 3 is 2.50 bits per heavy atom. The van der Waals surface area contributed by atoms with Crippen molar-refractivity contribution in [1.29, 1.82) is 0 Å². The van der Waals surface area contributed by atoms with Crippen molar-refractivity contribution in [2.24, 2.45) is 0 Å². The summed E-state index contributed by atoms with van der Waals surface area (Å²) in [6, 6.07) is 12.0. The normalized spacial score (nSPS) is 10.6. The minimum absolute atomic E-state index is 0.674. The number of fused-ring (bicyclic) bond motifs is 1. The smallest absolute Gasteiger partial charge is 0.180 e. The standard InChI is InChI=1S/C17H18N4O/c1-3-21(12-13-4-6-14(22-2)7-5-13)16-9-8-15-17(20-16)19-11-10-18-15/h4-11H,3,12H2,1-2H3. The van der Waals surface area contributed by atoms with E-state index in [0.29, 0.717) is 5.65 Å². The van der Waals surface area contributed by atoms with Crippen molar-refractivity contribution >= 4 is 17.0 Å². The summed E-state index contributed by atoms with van der Waals surface area (Å²) >= 11 is 0. The maximum atomic E-state index is 5.19. The van der Waals surface area contributed by atoms with Gasteiger partial charge in [0.2, 0.25) is 0 Å². The summed E-state index contributed by atoms with van der Waals surface area (Å²) in [5.74, 6) is 1.78. The molecule has 0 N–H and O–H groups in total. The molecule has 5 heteroatoms. The third kappa shape index (κ3) is 2.98. The van der Waals surface area contributed by atoms with E-state index in [9.17, 15) is 0 Å². The molecular weight excluding hydrogens is 276 g/mol. The van der Waals surface area contributed by atoms with Gasteiger partial charge < -0.3 is 9.64 Å². The van der Waals surface area contributed by atoms with Crippen LogP contribution < -0.4 is 9.64 Å². The highest BCUT2D eigenvalue weighted by atomic mass is 16.5. The molecule has 1 aromatic carbocycles. The molecule has 0 saturated heterocycles. The van der Waals surface area contributed by atoms with Gasteiger partial charge >= 0.3 is 0 Å². The molecule has 3 aromatic rings. The summed E-state index contributed by atoms with van der Waals surface area (Å²) in [6.07, 6.45) is 3.34. The van der Waals surface area contributed by atoms with Crippen molar-refractivity contribution in [3.8, 4) is 5.75 Å². The van der Waals surface area contributed by atoms with Gasteiger partial charge in [-0.2, -0.15) is 0 Å². The number of hydrogen-bond acceptors (Lipinski definition) is 5. The number of aromatic nitrogens is 3. The summed E-state index contributed by atoms with van der Waals surface area (Å²) in [7, 11) is 1.67. The molecule has 0 aliphatic rings. The van der Waals surface area contributed by atoms with Crippen LogP contribution in [0, 0.1) is 0 Å². The fraction of sp³-hybridized carbons (Fsp3) is 0.235. The Bertz CT molecular complexity index is 758. The van der Waals surface area contributed by atoms with Gasteiger partial charge in [-0.25, -0.2) is 9.97 Å². The highest BCUT2D eigenvalue weighted by Crippen LogP contribution is 2.19. The van der Waals surface area contributed by atoms with E-state index in [4.69, 9.17) is 4.74 Å². The molecule has 0 bridgehead atoms. The van der Waals surface area contributed by atoms with Gasteiger partial charge in [-0.15, -0.1) is 0 Å². The Morgan fingerprint density at radius 1 is 1.00 bits per heavy atom. The van der Waals surface area contributed by atoms with Crippen molar-refractivity contribution in [2.45, 2.75) is 13.5 Å². The van der Waals surface area contributed by atoms with Gasteiger partial charge in [0, 0.05) is 25.5 Å². The van der Waals surface area contributed by atoms with E-state index in [1.165, 1.54) is 5.56 Å². The molecule has 0 amide bonds. The zero-order valence-electron chi connectivity index (χ0n) is 12.7. The first-order valence-corrected chi connectivity index (χ1v) is 7.26. The molecular formula is C17H18N4O. The molecule has 2 aromatic heterocycles. The summed E-state index contributed by atoms with van der Waals surface area (Å²) < 4.78 is 5.19. The average Bonchev–Trinajstić information content (AvgIpc) is 2.59. The van der Waals surface area contributed by atoms with Crippen LogP contribution in [-0.4, -0.2) is 28.6 Å². The van der Waals surface area contributed by atoms with E-state index in [0.717, 1.165) is 30.2 Å². The molecule has 0 radical (unpaired) electrons. The van der Waals surface area contributed by atoms with Crippen LogP contribution in [0.5, 0.6) is 5.75 Å². The molecule has 5 nitrogen and oxygen atoms in total. The molecule has 0 spiro atoms. The first-order chi connectivity index (χ1) is 10.8. The Kier molecular flexibility index (Phi) is 4.14. The fourth-order valence-electron chi connectivity index (χ4n) is 2.33. The van der Waals surface area contributed by atoms with Crippen molar-refractivity contribution in [2.75, 3.05) is 18.6 Å². The molecule has 0 aliphatic heterocycles. The van der Waals surface area contributed by atoms with Crippen LogP contribution in [0.4, 0.5) is 5.82 Å². The average molecular weight is 294 g/mol. The zero-order valence-corrected chi connectivity index (χ0v) is 12.7. The Hall–Kier alpha value is -2.69. The number of methoxy groups -OCH3 is 1.